The molecule has 54 valence electrons. The maximum absolute atomic E-state index is 7.28. The van der Waals surface area contributed by atoms with Crippen molar-refractivity contribution in [3.63, 3.8) is 0 Å². The number of hydrogen-bond acceptors (Lipinski definition) is 2. The Labute approximate surface area is 60.7 Å². The SMILES string of the molecule is COCC1=CC(=N)C=CC1. The van der Waals surface area contributed by atoms with Crippen LogP contribution in [0.4, 0.5) is 0 Å². The Balaban J connectivity index is 2.53. The zero-order valence-electron chi connectivity index (χ0n) is 6.05. The first-order valence-electron chi connectivity index (χ1n) is 3.26. The number of nitrogens with one attached hydrogen (secondary N) is 1. The molecule has 0 unspecified atom stereocenters. The van der Waals surface area contributed by atoms with E-state index in [1.807, 2.05) is 12.2 Å². The summed E-state index contributed by atoms with van der Waals surface area (Å²) in [4.78, 5) is 0. The fourth-order valence-electron chi connectivity index (χ4n) is 0.950. The molecule has 1 N–H and O–H groups in total. The molecule has 2 heteroatoms. The van der Waals surface area contributed by atoms with E-state index in [2.05, 4.69) is 0 Å². The Morgan fingerprint density at radius 3 is 3.10 bits per heavy atom. The van der Waals surface area contributed by atoms with Gasteiger partial charge in [-0.25, -0.2) is 0 Å². The predicted molar refractivity (Wildman–Crippen MR) is 41.4 cm³/mol. The summed E-state index contributed by atoms with van der Waals surface area (Å²) in [7, 11) is 1.67. The van der Waals surface area contributed by atoms with Gasteiger partial charge in [0.05, 0.1) is 12.3 Å². The van der Waals surface area contributed by atoms with E-state index in [0.29, 0.717) is 12.3 Å². The zero-order valence-corrected chi connectivity index (χ0v) is 6.05. The van der Waals surface area contributed by atoms with Gasteiger partial charge >= 0.3 is 0 Å². The second-order valence-corrected chi connectivity index (χ2v) is 2.30. The van der Waals surface area contributed by atoms with Gasteiger partial charge in [0, 0.05) is 7.11 Å². The summed E-state index contributed by atoms with van der Waals surface area (Å²) in [5, 5.41) is 7.28. The summed E-state index contributed by atoms with van der Waals surface area (Å²) < 4.78 is 4.93. The van der Waals surface area contributed by atoms with E-state index in [1.165, 1.54) is 5.57 Å². The van der Waals surface area contributed by atoms with Crippen LogP contribution in [0.3, 0.4) is 0 Å². The molecule has 1 aliphatic carbocycles. The molecule has 2 nitrogen and oxygen atoms in total. The van der Waals surface area contributed by atoms with Crippen LogP contribution in [0, 0.1) is 5.41 Å². The number of ether oxygens (including phenoxy) is 1. The van der Waals surface area contributed by atoms with Crippen LogP contribution in [0.1, 0.15) is 6.42 Å². The molecule has 1 aliphatic rings. The normalized spacial score (nSPS) is 17.3. The van der Waals surface area contributed by atoms with Gasteiger partial charge in [0.25, 0.3) is 0 Å². The summed E-state index contributed by atoms with van der Waals surface area (Å²) >= 11 is 0. The van der Waals surface area contributed by atoms with Crippen LogP contribution in [-0.2, 0) is 4.74 Å². The molecule has 0 heterocycles. The highest BCUT2D eigenvalue weighted by atomic mass is 16.5. The van der Waals surface area contributed by atoms with Crippen LogP contribution in [0.5, 0.6) is 0 Å². The second-order valence-electron chi connectivity index (χ2n) is 2.30. The Hall–Kier alpha value is -0.890. The third kappa shape index (κ3) is 1.81. The first-order chi connectivity index (χ1) is 4.83. The molecule has 0 aromatic rings. The largest absolute Gasteiger partial charge is 0.380 e. The lowest BCUT2D eigenvalue weighted by atomic mass is 10.1. The van der Waals surface area contributed by atoms with Gasteiger partial charge < -0.3 is 10.1 Å². The molecule has 0 aliphatic heterocycles. The molecule has 10 heavy (non-hydrogen) atoms. The lowest BCUT2D eigenvalue weighted by Crippen LogP contribution is -2.00. The topological polar surface area (TPSA) is 33.1 Å². The number of allylic oxidation sites excluding steroid dienone is 3. The highest BCUT2D eigenvalue weighted by molar-refractivity contribution is 6.02. The van der Waals surface area contributed by atoms with Crippen LogP contribution >= 0.6 is 0 Å². The first-order valence-corrected chi connectivity index (χ1v) is 3.26. The maximum Gasteiger partial charge on any atom is 0.0679 e. The molecule has 0 fully saturated rings. The van der Waals surface area contributed by atoms with E-state index < -0.39 is 0 Å². The van der Waals surface area contributed by atoms with E-state index in [9.17, 15) is 0 Å². The lowest BCUT2D eigenvalue weighted by molar-refractivity contribution is 0.224. The minimum atomic E-state index is 0.568. The highest BCUT2D eigenvalue weighted by Gasteiger charge is 1.99. The maximum atomic E-state index is 7.28. The zero-order chi connectivity index (χ0) is 7.40. The van der Waals surface area contributed by atoms with Crippen LogP contribution in [0.2, 0.25) is 0 Å². The van der Waals surface area contributed by atoms with E-state index in [0.717, 1.165) is 6.42 Å². The molecule has 0 amide bonds. The quantitative estimate of drug-likeness (QED) is 0.615. The Morgan fingerprint density at radius 2 is 2.50 bits per heavy atom. The van der Waals surface area contributed by atoms with Crippen molar-refractivity contribution >= 4 is 5.71 Å². The molecule has 0 bridgehead atoms. The van der Waals surface area contributed by atoms with Gasteiger partial charge in [0.15, 0.2) is 0 Å². The molecule has 0 atom stereocenters. The monoisotopic (exact) mass is 137 g/mol. The lowest BCUT2D eigenvalue weighted by Gasteiger charge is -2.06. The minimum Gasteiger partial charge on any atom is -0.380 e. The van der Waals surface area contributed by atoms with Gasteiger partial charge in [-0.05, 0) is 24.1 Å². The molecule has 0 aromatic carbocycles. The fraction of sp³-hybridized carbons (Fsp3) is 0.375. The van der Waals surface area contributed by atoms with E-state index in [4.69, 9.17) is 10.1 Å². The molecule has 1 rings (SSSR count). The fourth-order valence-corrected chi connectivity index (χ4v) is 0.950. The third-order valence-electron chi connectivity index (χ3n) is 1.37. The van der Waals surface area contributed by atoms with Gasteiger partial charge in [0.1, 0.15) is 0 Å². The van der Waals surface area contributed by atoms with Crippen LogP contribution in [0.15, 0.2) is 23.8 Å². The number of hydrogen-bond donors (Lipinski definition) is 1. The van der Waals surface area contributed by atoms with Crippen molar-refractivity contribution in [2.75, 3.05) is 13.7 Å². The Bertz CT molecular complexity index is 191. The van der Waals surface area contributed by atoms with Crippen LogP contribution < -0.4 is 0 Å². The van der Waals surface area contributed by atoms with Gasteiger partial charge in [-0.3, -0.25) is 0 Å². The molecule has 0 spiro atoms. The van der Waals surface area contributed by atoms with Crippen molar-refractivity contribution < 1.29 is 4.74 Å². The van der Waals surface area contributed by atoms with E-state index in [-0.39, 0.29) is 0 Å². The highest BCUT2D eigenvalue weighted by Crippen LogP contribution is 2.08. The summed E-state index contributed by atoms with van der Waals surface area (Å²) in [5.41, 5.74) is 1.74. The number of rotatable bonds is 2. The van der Waals surface area contributed by atoms with Gasteiger partial charge in [-0.1, -0.05) is 6.08 Å². The van der Waals surface area contributed by atoms with Crippen molar-refractivity contribution in [1.29, 1.82) is 5.41 Å². The average Bonchev–Trinajstić information content (AvgIpc) is 1.88. The van der Waals surface area contributed by atoms with E-state index >= 15 is 0 Å². The molecular formula is C8H11NO. The average molecular weight is 137 g/mol. The molecule has 0 saturated carbocycles. The minimum absolute atomic E-state index is 0.568. The number of methoxy groups -OCH3 is 1. The Kier molecular flexibility index (Phi) is 2.40. The summed E-state index contributed by atoms with van der Waals surface area (Å²) in [6.45, 7) is 0.646. The molecule has 0 saturated heterocycles. The smallest absolute Gasteiger partial charge is 0.0679 e. The van der Waals surface area contributed by atoms with Crippen molar-refractivity contribution in [2.45, 2.75) is 6.42 Å². The predicted octanol–water partition coefficient (Wildman–Crippen LogP) is 1.54. The molecule has 0 aromatic heterocycles. The van der Waals surface area contributed by atoms with Crippen molar-refractivity contribution in [3.05, 3.63) is 23.8 Å². The van der Waals surface area contributed by atoms with Gasteiger partial charge in [-0.2, -0.15) is 0 Å². The van der Waals surface area contributed by atoms with Crippen molar-refractivity contribution in [2.24, 2.45) is 0 Å². The van der Waals surface area contributed by atoms with Crippen LogP contribution in [-0.4, -0.2) is 19.4 Å². The summed E-state index contributed by atoms with van der Waals surface area (Å²) in [6.07, 6.45) is 6.57. The standard InChI is InChI=1S/C8H11NO/c1-10-6-7-3-2-4-8(9)5-7/h2,4-5,9H,3,6H2,1H3. The van der Waals surface area contributed by atoms with Crippen molar-refractivity contribution in [1.82, 2.24) is 0 Å². The van der Waals surface area contributed by atoms with E-state index in [1.54, 1.807) is 13.2 Å². The Morgan fingerprint density at radius 1 is 1.70 bits per heavy atom. The summed E-state index contributed by atoms with van der Waals surface area (Å²) in [6, 6.07) is 0. The first kappa shape index (κ1) is 7.22. The van der Waals surface area contributed by atoms with Gasteiger partial charge in [-0.15, -0.1) is 0 Å². The van der Waals surface area contributed by atoms with Crippen molar-refractivity contribution in [3.8, 4) is 0 Å². The molecular weight excluding hydrogens is 126 g/mol. The third-order valence-corrected chi connectivity index (χ3v) is 1.37. The molecule has 0 radical (unpaired) electrons. The van der Waals surface area contributed by atoms with Gasteiger partial charge in [0.2, 0.25) is 0 Å². The van der Waals surface area contributed by atoms with Crippen LogP contribution in [0.25, 0.3) is 0 Å². The summed E-state index contributed by atoms with van der Waals surface area (Å²) in [5.74, 6) is 0. The second kappa shape index (κ2) is 3.32.